The number of benzene rings is 1. The van der Waals surface area contributed by atoms with Gasteiger partial charge in [0.1, 0.15) is 17.3 Å². The third-order valence-corrected chi connectivity index (χ3v) is 3.73. The van der Waals surface area contributed by atoms with Gasteiger partial charge < -0.3 is 16.0 Å². The predicted molar refractivity (Wildman–Crippen MR) is 89.9 cm³/mol. The summed E-state index contributed by atoms with van der Waals surface area (Å²) in [7, 11) is 0. The van der Waals surface area contributed by atoms with Crippen molar-refractivity contribution in [1.29, 1.82) is 0 Å². The number of fused-ring (bicyclic) bond motifs is 1. The summed E-state index contributed by atoms with van der Waals surface area (Å²) in [5, 5.41) is 3.08. The van der Waals surface area contributed by atoms with Crippen molar-refractivity contribution in [2.75, 3.05) is 5.32 Å². The maximum absolute atomic E-state index is 14.7. The number of hydrogen-bond donors (Lipinski definition) is 3. The minimum absolute atomic E-state index is 0.0351. The monoisotopic (exact) mass is 351 g/mol. The lowest BCUT2D eigenvalue weighted by Crippen LogP contribution is -2.18. The molecule has 0 bridgehead atoms. The highest BCUT2D eigenvalue weighted by atomic mass is 35.5. The molecule has 0 saturated heterocycles. The molecule has 0 aliphatic rings. The molecule has 2 aromatic heterocycles. The summed E-state index contributed by atoms with van der Waals surface area (Å²) in [6.45, 7) is 1.92. The fourth-order valence-electron chi connectivity index (χ4n) is 2.49. The highest BCUT2D eigenvalue weighted by Gasteiger charge is 2.19. The van der Waals surface area contributed by atoms with Gasteiger partial charge in [0, 0.05) is 24.6 Å². The summed E-state index contributed by atoms with van der Waals surface area (Å²) in [4.78, 5) is 10.9. The van der Waals surface area contributed by atoms with Gasteiger partial charge in [-0.2, -0.15) is 9.97 Å². The first-order valence-corrected chi connectivity index (χ1v) is 7.80. The molecule has 8 heteroatoms. The van der Waals surface area contributed by atoms with Crippen molar-refractivity contribution >= 4 is 28.5 Å². The normalized spacial score (nSPS) is 12.5. The van der Waals surface area contributed by atoms with Crippen LogP contribution in [0.2, 0.25) is 5.28 Å². The van der Waals surface area contributed by atoms with Gasteiger partial charge in [-0.15, -0.1) is 0 Å². The third-order valence-electron chi connectivity index (χ3n) is 3.57. The molecule has 4 N–H and O–H groups in total. The second-order valence-electron chi connectivity index (χ2n) is 5.61. The zero-order chi connectivity index (χ0) is 17.3. The average Bonchev–Trinajstić information content (AvgIpc) is 2.81. The lowest BCUT2D eigenvalue weighted by molar-refractivity contribution is 0.602. The summed E-state index contributed by atoms with van der Waals surface area (Å²) in [6, 6.07) is 6.10. The van der Waals surface area contributed by atoms with E-state index in [1.807, 2.05) is 0 Å². The number of anilines is 1. The van der Waals surface area contributed by atoms with E-state index in [4.69, 9.17) is 17.3 Å². The summed E-state index contributed by atoms with van der Waals surface area (Å²) in [6.07, 6.45) is 0.326. The number of nitrogens with one attached hydrogen (secondary N) is 2. The van der Waals surface area contributed by atoms with E-state index in [1.165, 1.54) is 6.07 Å². The maximum atomic E-state index is 14.7. The maximum Gasteiger partial charge on any atom is 0.226 e. The zero-order valence-corrected chi connectivity index (χ0v) is 13.7. The SMILES string of the molecule is CC(N)Cc1[nH]c2nc(Cl)nc(NCc3ccccc3F)c2c1F. The number of hydrogen-bond acceptors (Lipinski definition) is 4. The number of nitrogens with two attached hydrogens (primary N) is 1. The van der Waals surface area contributed by atoms with Crippen LogP contribution >= 0.6 is 11.6 Å². The molecule has 126 valence electrons. The Kier molecular flexibility index (Phi) is 4.64. The van der Waals surface area contributed by atoms with E-state index in [9.17, 15) is 8.78 Å². The van der Waals surface area contributed by atoms with Crippen molar-refractivity contribution in [2.45, 2.75) is 25.9 Å². The van der Waals surface area contributed by atoms with Gasteiger partial charge in [-0.3, -0.25) is 0 Å². The highest BCUT2D eigenvalue weighted by Crippen LogP contribution is 2.28. The molecule has 0 spiro atoms. The molecule has 0 radical (unpaired) electrons. The first kappa shape index (κ1) is 16.6. The van der Waals surface area contributed by atoms with E-state index in [1.54, 1.807) is 25.1 Å². The van der Waals surface area contributed by atoms with E-state index < -0.39 is 5.82 Å². The summed E-state index contributed by atoms with van der Waals surface area (Å²) in [5.41, 5.74) is 6.78. The van der Waals surface area contributed by atoms with Crippen LogP contribution in [0.4, 0.5) is 14.6 Å². The van der Waals surface area contributed by atoms with Crippen LogP contribution in [-0.2, 0) is 13.0 Å². The molecule has 5 nitrogen and oxygen atoms in total. The molecule has 0 saturated carbocycles. The summed E-state index contributed by atoms with van der Waals surface area (Å²) < 4.78 is 28.4. The Morgan fingerprint density at radius 1 is 1.29 bits per heavy atom. The van der Waals surface area contributed by atoms with Gasteiger partial charge in [0.05, 0.1) is 11.1 Å². The van der Waals surface area contributed by atoms with Gasteiger partial charge in [0.2, 0.25) is 5.28 Å². The quantitative estimate of drug-likeness (QED) is 0.615. The predicted octanol–water partition coefficient (Wildman–Crippen LogP) is 3.39. The van der Waals surface area contributed by atoms with Gasteiger partial charge in [-0.05, 0) is 24.6 Å². The summed E-state index contributed by atoms with van der Waals surface area (Å²) >= 11 is 5.90. The molecule has 24 heavy (non-hydrogen) atoms. The lowest BCUT2D eigenvalue weighted by Gasteiger charge is -2.08. The van der Waals surface area contributed by atoms with Crippen LogP contribution in [0, 0.1) is 11.6 Å². The van der Waals surface area contributed by atoms with Crippen molar-refractivity contribution in [3.8, 4) is 0 Å². The van der Waals surface area contributed by atoms with Crippen LogP contribution in [0.25, 0.3) is 11.0 Å². The fraction of sp³-hybridized carbons (Fsp3) is 0.250. The molecule has 0 fully saturated rings. The lowest BCUT2D eigenvalue weighted by atomic mass is 10.2. The van der Waals surface area contributed by atoms with Gasteiger partial charge in [0.15, 0.2) is 5.82 Å². The van der Waals surface area contributed by atoms with Gasteiger partial charge in [0.25, 0.3) is 0 Å². The number of rotatable bonds is 5. The molecule has 3 aromatic rings. The second kappa shape index (κ2) is 6.70. The topological polar surface area (TPSA) is 79.6 Å². The standard InChI is InChI=1S/C16H16ClF2N5/c1-8(20)6-11-13(19)12-14(23-16(17)24-15(12)22-11)21-7-9-4-2-3-5-10(9)18/h2-5,8H,6-7,20H2,1H3,(H2,21,22,23,24). The van der Waals surface area contributed by atoms with Crippen LogP contribution in [0.5, 0.6) is 0 Å². The van der Waals surface area contributed by atoms with Crippen LogP contribution in [0.3, 0.4) is 0 Å². The molecule has 2 heterocycles. The zero-order valence-electron chi connectivity index (χ0n) is 12.9. The van der Waals surface area contributed by atoms with E-state index in [0.717, 1.165) is 0 Å². The minimum Gasteiger partial charge on any atom is -0.365 e. The number of nitrogens with zero attached hydrogens (tertiary/aromatic N) is 2. The number of aromatic amines is 1. The van der Waals surface area contributed by atoms with E-state index in [-0.39, 0.29) is 40.5 Å². The first-order valence-electron chi connectivity index (χ1n) is 7.42. The van der Waals surface area contributed by atoms with Crippen LogP contribution < -0.4 is 11.1 Å². The van der Waals surface area contributed by atoms with E-state index in [0.29, 0.717) is 17.7 Å². The van der Waals surface area contributed by atoms with Crippen molar-refractivity contribution in [1.82, 2.24) is 15.0 Å². The van der Waals surface area contributed by atoms with Gasteiger partial charge in [-0.1, -0.05) is 18.2 Å². The third kappa shape index (κ3) is 3.32. The smallest absolute Gasteiger partial charge is 0.226 e. The number of halogens is 3. The Morgan fingerprint density at radius 3 is 2.75 bits per heavy atom. The molecule has 0 amide bonds. The van der Waals surface area contributed by atoms with Gasteiger partial charge >= 0.3 is 0 Å². The number of H-pyrrole nitrogens is 1. The first-order chi connectivity index (χ1) is 11.5. The average molecular weight is 352 g/mol. The highest BCUT2D eigenvalue weighted by molar-refractivity contribution is 6.28. The Labute approximate surface area is 142 Å². The Morgan fingerprint density at radius 2 is 2.04 bits per heavy atom. The minimum atomic E-state index is -0.477. The van der Waals surface area contributed by atoms with Crippen molar-refractivity contribution in [2.24, 2.45) is 5.73 Å². The van der Waals surface area contributed by atoms with Crippen LogP contribution in [-0.4, -0.2) is 21.0 Å². The molecular formula is C16H16ClF2N5. The Bertz CT molecular complexity index is 878. The van der Waals surface area contributed by atoms with Crippen molar-refractivity contribution in [3.05, 3.63) is 52.4 Å². The van der Waals surface area contributed by atoms with Crippen molar-refractivity contribution in [3.63, 3.8) is 0 Å². The molecule has 1 unspecified atom stereocenters. The summed E-state index contributed by atoms with van der Waals surface area (Å²) in [5.74, 6) is -0.624. The van der Waals surface area contributed by atoms with Crippen LogP contribution in [0.15, 0.2) is 24.3 Å². The largest absolute Gasteiger partial charge is 0.365 e. The molecule has 0 aliphatic carbocycles. The second-order valence-corrected chi connectivity index (χ2v) is 5.95. The molecule has 0 aliphatic heterocycles. The molecule has 1 aromatic carbocycles. The fourth-order valence-corrected chi connectivity index (χ4v) is 2.66. The van der Waals surface area contributed by atoms with E-state index in [2.05, 4.69) is 20.3 Å². The Hall–Kier alpha value is -2.25. The molecule has 1 atom stereocenters. The van der Waals surface area contributed by atoms with Gasteiger partial charge in [-0.25, -0.2) is 8.78 Å². The molecule has 3 rings (SSSR count). The number of aromatic nitrogens is 3. The Balaban J connectivity index is 1.97. The van der Waals surface area contributed by atoms with Crippen LogP contribution in [0.1, 0.15) is 18.2 Å². The molecular weight excluding hydrogens is 336 g/mol. The van der Waals surface area contributed by atoms with Crippen molar-refractivity contribution < 1.29 is 8.78 Å². The van der Waals surface area contributed by atoms with E-state index >= 15 is 0 Å².